The molecule has 2 heterocycles. The van der Waals surface area contributed by atoms with Gasteiger partial charge in [-0.1, -0.05) is 26.8 Å². The molecule has 6 atom stereocenters. The van der Waals surface area contributed by atoms with E-state index in [1.54, 1.807) is 0 Å². The first-order chi connectivity index (χ1) is 11.7. The molecule has 2 aliphatic carbocycles. The van der Waals surface area contributed by atoms with Crippen LogP contribution in [0, 0.1) is 22.7 Å². The Morgan fingerprint density at radius 1 is 1.24 bits per heavy atom. The van der Waals surface area contributed by atoms with Gasteiger partial charge in [-0.2, -0.15) is 0 Å². The number of epoxide rings is 1. The Morgan fingerprint density at radius 3 is 2.56 bits per heavy atom. The highest BCUT2D eigenvalue weighted by atomic mass is 16.6. The smallest absolute Gasteiger partial charge is 0.333 e. The van der Waals surface area contributed by atoms with E-state index in [9.17, 15) is 15.0 Å². The number of cyclic esters (lactones) is 1. The third kappa shape index (κ3) is 2.42. The number of carbonyl (C=O) groups is 1. The molecule has 140 valence electrons. The van der Waals surface area contributed by atoms with Gasteiger partial charge < -0.3 is 19.7 Å². The van der Waals surface area contributed by atoms with Crippen LogP contribution in [0.2, 0.25) is 0 Å². The number of aliphatic hydroxyl groups is 2. The molecule has 2 N–H and O–H groups in total. The topological polar surface area (TPSA) is 79.3 Å². The second-order valence-electron chi connectivity index (χ2n) is 9.33. The maximum Gasteiger partial charge on any atom is 0.333 e. The van der Waals surface area contributed by atoms with E-state index < -0.39 is 11.7 Å². The highest BCUT2D eigenvalue weighted by molar-refractivity contribution is 5.90. The molecule has 0 aromatic heterocycles. The monoisotopic (exact) mass is 350 g/mol. The number of aliphatic hydroxyl groups excluding tert-OH is 2. The fraction of sp³-hybridized carbons (Fsp3) is 0.850. The first-order valence-electron chi connectivity index (χ1n) is 9.58. The summed E-state index contributed by atoms with van der Waals surface area (Å²) in [4.78, 5) is 11.8. The van der Waals surface area contributed by atoms with Crippen molar-refractivity contribution in [3.8, 4) is 0 Å². The summed E-state index contributed by atoms with van der Waals surface area (Å²) >= 11 is 0. The lowest BCUT2D eigenvalue weighted by molar-refractivity contribution is -0.184. The van der Waals surface area contributed by atoms with Crippen molar-refractivity contribution in [3.05, 3.63) is 11.6 Å². The van der Waals surface area contributed by atoms with E-state index in [4.69, 9.17) is 9.47 Å². The predicted molar refractivity (Wildman–Crippen MR) is 91.7 cm³/mol. The highest BCUT2D eigenvalue weighted by Crippen LogP contribution is 2.66. The van der Waals surface area contributed by atoms with Crippen molar-refractivity contribution in [2.75, 3.05) is 13.2 Å². The Kier molecular flexibility index (Phi) is 3.88. The van der Waals surface area contributed by atoms with E-state index in [0.717, 1.165) is 24.8 Å². The fourth-order valence-corrected chi connectivity index (χ4v) is 6.12. The Morgan fingerprint density at radius 2 is 1.96 bits per heavy atom. The number of rotatable bonds is 2. The van der Waals surface area contributed by atoms with Crippen LogP contribution in [-0.2, 0) is 14.3 Å². The average Bonchev–Trinajstić information content (AvgIpc) is 3.24. The van der Waals surface area contributed by atoms with Gasteiger partial charge in [-0.3, -0.25) is 0 Å². The molecule has 0 aromatic rings. The predicted octanol–water partition coefficient (Wildman–Crippen LogP) is 2.20. The largest absolute Gasteiger partial charge is 0.462 e. The molecule has 0 amide bonds. The summed E-state index contributed by atoms with van der Waals surface area (Å²) in [5, 5.41) is 21.4. The summed E-state index contributed by atoms with van der Waals surface area (Å²) in [6, 6.07) is 0. The second-order valence-corrected chi connectivity index (χ2v) is 9.33. The van der Waals surface area contributed by atoms with Crippen LogP contribution in [0.1, 0.15) is 52.9 Å². The van der Waals surface area contributed by atoms with Gasteiger partial charge in [0, 0.05) is 17.9 Å². The molecule has 4 aliphatic rings. The van der Waals surface area contributed by atoms with Crippen LogP contribution < -0.4 is 0 Å². The zero-order chi connectivity index (χ0) is 18.0. The Balaban J connectivity index is 1.68. The molecule has 0 radical (unpaired) electrons. The van der Waals surface area contributed by atoms with Gasteiger partial charge in [0.1, 0.15) is 5.60 Å². The van der Waals surface area contributed by atoms with Crippen LogP contribution in [0.25, 0.3) is 0 Å². The van der Waals surface area contributed by atoms with Crippen molar-refractivity contribution >= 4 is 5.97 Å². The lowest BCUT2D eigenvalue weighted by atomic mass is 9.44. The van der Waals surface area contributed by atoms with Crippen LogP contribution in [-0.4, -0.2) is 47.2 Å². The minimum atomic E-state index is -0.505. The molecule has 4 fully saturated rings. The molecule has 2 aliphatic heterocycles. The lowest BCUT2D eigenvalue weighted by Crippen LogP contribution is -2.62. The van der Waals surface area contributed by atoms with E-state index in [2.05, 4.69) is 20.8 Å². The highest BCUT2D eigenvalue weighted by Gasteiger charge is 2.69. The van der Waals surface area contributed by atoms with Crippen molar-refractivity contribution < 1.29 is 24.5 Å². The quantitative estimate of drug-likeness (QED) is 0.453. The van der Waals surface area contributed by atoms with E-state index in [1.165, 1.54) is 0 Å². The maximum absolute atomic E-state index is 11.8. The van der Waals surface area contributed by atoms with E-state index in [1.807, 2.05) is 6.08 Å². The number of allylic oxidation sites excluding steroid dienone is 1. The van der Waals surface area contributed by atoms with Crippen molar-refractivity contribution in [2.24, 2.45) is 22.7 Å². The molecular weight excluding hydrogens is 320 g/mol. The van der Waals surface area contributed by atoms with Crippen LogP contribution in [0.5, 0.6) is 0 Å². The molecule has 5 nitrogen and oxygen atoms in total. The maximum atomic E-state index is 11.8. The van der Waals surface area contributed by atoms with E-state index in [0.29, 0.717) is 26.1 Å². The zero-order valence-electron chi connectivity index (χ0n) is 15.5. The molecule has 25 heavy (non-hydrogen) atoms. The molecule has 0 bridgehead atoms. The molecule has 0 aromatic carbocycles. The molecule has 2 saturated heterocycles. The summed E-state index contributed by atoms with van der Waals surface area (Å²) in [5.74, 6) is 0.178. The number of hydrogen-bond donors (Lipinski definition) is 2. The minimum Gasteiger partial charge on any atom is -0.462 e. The van der Waals surface area contributed by atoms with Crippen molar-refractivity contribution in [1.29, 1.82) is 0 Å². The summed E-state index contributed by atoms with van der Waals surface area (Å²) in [5.41, 5.74) is 0.0368. The third-order valence-corrected chi connectivity index (χ3v) is 7.86. The summed E-state index contributed by atoms with van der Waals surface area (Å²) in [7, 11) is 0. The SMILES string of the molecule is CC1(C)[C@@H](O)CC[C@@]2(C)[C@@H](C/C=C3\CCOC3=O)[C@]3(CO3)[C@@H](O)C[C@@H]12. The van der Waals surface area contributed by atoms with Gasteiger partial charge in [0.05, 0.1) is 25.4 Å². The fourth-order valence-electron chi connectivity index (χ4n) is 6.12. The summed E-state index contributed by atoms with van der Waals surface area (Å²) in [6.07, 6.45) is 4.95. The standard InChI is InChI=1S/C20H30O5/c1-18(2)14-10-16(22)20(11-25-20)13(19(14,3)8-6-15(18)21)5-4-12-7-9-24-17(12)23/h4,13-16,21-22H,5-11H2,1-3H3/b12-4+/t13-,14+,15+,16+,19+,20-/m1/s1. The lowest BCUT2D eigenvalue weighted by Gasteiger charge is -2.61. The van der Waals surface area contributed by atoms with Crippen molar-refractivity contribution in [1.82, 2.24) is 0 Å². The summed E-state index contributed by atoms with van der Waals surface area (Å²) < 4.78 is 10.9. The van der Waals surface area contributed by atoms with E-state index >= 15 is 0 Å². The molecule has 1 spiro atoms. The van der Waals surface area contributed by atoms with Gasteiger partial charge in [-0.05, 0) is 42.4 Å². The van der Waals surface area contributed by atoms with Gasteiger partial charge in [-0.25, -0.2) is 4.79 Å². The Bertz CT molecular complexity index is 605. The summed E-state index contributed by atoms with van der Waals surface area (Å²) in [6.45, 7) is 7.62. The molecule has 0 unspecified atom stereocenters. The van der Waals surface area contributed by atoms with Crippen molar-refractivity contribution in [3.63, 3.8) is 0 Å². The first kappa shape index (κ1) is 17.5. The molecule has 5 heteroatoms. The first-order valence-corrected chi connectivity index (χ1v) is 9.58. The van der Waals surface area contributed by atoms with Crippen LogP contribution in [0.15, 0.2) is 11.6 Å². The van der Waals surface area contributed by atoms with Gasteiger partial charge in [0.15, 0.2) is 0 Å². The minimum absolute atomic E-state index is 0.0158. The molecular formula is C20H30O5. The number of carbonyl (C=O) groups excluding carboxylic acids is 1. The second kappa shape index (κ2) is 5.54. The molecule has 4 rings (SSSR count). The number of ether oxygens (including phenoxy) is 2. The number of hydrogen-bond acceptors (Lipinski definition) is 5. The Hall–Kier alpha value is -0.910. The third-order valence-electron chi connectivity index (χ3n) is 7.86. The zero-order valence-corrected chi connectivity index (χ0v) is 15.5. The van der Waals surface area contributed by atoms with Crippen LogP contribution in [0.4, 0.5) is 0 Å². The average molecular weight is 350 g/mol. The van der Waals surface area contributed by atoms with Crippen LogP contribution in [0.3, 0.4) is 0 Å². The van der Waals surface area contributed by atoms with E-state index in [-0.39, 0.29) is 34.7 Å². The Labute approximate surface area is 149 Å². The van der Waals surface area contributed by atoms with Crippen molar-refractivity contribution in [2.45, 2.75) is 70.7 Å². The number of esters is 1. The van der Waals surface area contributed by atoms with Gasteiger partial charge >= 0.3 is 5.97 Å². The molecule has 2 saturated carbocycles. The number of fused-ring (bicyclic) bond motifs is 1. The van der Waals surface area contributed by atoms with Crippen LogP contribution >= 0.6 is 0 Å². The van der Waals surface area contributed by atoms with Gasteiger partial charge in [-0.15, -0.1) is 0 Å². The normalized spacial score (nSPS) is 50.0. The van der Waals surface area contributed by atoms with Gasteiger partial charge in [0.25, 0.3) is 0 Å². The van der Waals surface area contributed by atoms with Gasteiger partial charge in [0.2, 0.25) is 0 Å².